The van der Waals surface area contributed by atoms with E-state index in [1.165, 1.54) is 0 Å². The summed E-state index contributed by atoms with van der Waals surface area (Å²) in [4.78, 5) is 14.5. The number of rotatable bonds is 9. The average molecular weight is 241 g/mol. The molecule has 0 atom stereocenters. The zero-order valence-electron chi connectivity index (χ0n) is 10.1. The Morgan fingerprint density at radius 3 is 3.00 bits per heavy atom. The molecule has 1 heterocycles. The number of nitrogens with one attached hydrogen (secondary N) is 1. The van der Waals surface area contributed by atoms with E-state index < -0.39 is 5.97 Å². The lowest BCUT2D eigenvalue weighted by atomic mass is 10.2. The molecule has 0 aromatic carbocycles. The van der Waals surface area contributed by atoms with E-state index in [1.807, 2.05) is 0 Å². The number of hydrogen-bond donors (Lipinski definition) is 2. The number of nitrogens with zero attached hydrogens (tertiary/aromatic N) is 2. The van der Waals surface area contributed by atoms with Gasteiger partial charge in [-0.3, -0.25) is 4.79 Å². The Morgan fingerprint density at radius 1 is 1.47 bits per heavy atom. The van der Waals surface area contributed by atoms with Gasteiger partial charge in [-0.25, -0.2) is 0 Å². The van der Waals surface area contributed by atoms with Crippen LogP contribution in [0.2, 0.25) is 0 Å². The lowest BCUT2D eigenvalue weighted by molar-refractivity contribution is -0.137. The maximum absolute atomic E-state index is 10.3. The summed E-state index contributed by atoms with van der Waals surface area (Å²) in [5.74, 6) is 0.534. The summed E-state index contributed by atoms with van der Waals surface area (Å²) in [5, 5.41) is 15.4. The molecule has 2 N–H and O–H groups in total. The molecule has 0 aliphatic rings. The van der Waals surface area contributed by atoms with Crippen LogP contribution in [-0.4, -0.2) is 27.8 Å². The van der Waals surface area contributed by atoms with Gasteiger partial charge in [-0.1, -0.05) is 18.5 Å². The number of hydrogen-bond acceptors (Lipinski definition) is 5. The van der Waals surface area contributed by atoms with E-state index >= 15 is 0 Å². The molecule has 96 valence electrons. The molecule has 0 saturated heterocycles. The highest BCUT2D eigenvalue weighted by Gasteiger charge is 2.05. The quantitative estimate of drug-likeness (QED) is 0.635. The summed E-state index contributed by atoms with van der Waals surface area (Å²) in [6.45, 7) is 3.25. The van der Waals surface area contributed by atoms with Gasteiger partial charge in [0.15, 0.2) is 5.82 Å². The van der Waals surface area contributed by atoms with Crippen molar-refractivity contribution in [3.8, 4) is 0 Å². The zero-order valence-corrected chi connectivity index (χ0v) is 10.1. The van der Waals surface area contributed by atoms with Crippen LogP contribution in [0.1, 0.15) is 44.3 Å². The van der Waals surface area contributed by atoms with Gasteiger partial charge in [0.25, 0.3) is 0 Å². The number of carboxylic acid groups (broad SMARTS) is 1. The minimum absolute atomic E-state index is 0.179. The molecule has 0 aliphatic carbocycles. The highest BCUT2D eigenvalue weighted by atomic mass is 16.5. The van der Waals surface area contributed by atoms with E-state index in [9.17, 15) is 4.79 Å². The van der Waals surface area contributed by atoms with Gasteiger partial charge in [0.05, 0.1) is 6.54 Å². The fraction of sp³-hybridized carbons (Fsp3) is 0.727. The molecular formula is C11H19N3O3. The summed E-state index contributed by atoms with van der Waals surface area (Å²) in [5.41, 5.74) is 0. The van der Waals surface area contributed by atoms with Crippen molar-refractivity contribution in [1.29, 1.82) is 0 Å². The van der Waals surface area contributed by atoms with Gasteiger partial charge in [-0.05, 0) is 19.4 Å². The molecule has 6 heteroatoms. The number of aliphatic carboxylic acids is 1. The molecule has 0 saturated carbocycles. The Morgan fingerprint density at radius 2 is 2.29 bits per heavy atom. The van der Waals surface area contributed by atoms with Gasteiger partial charge >= 0.3 is 5.97 Å². The van der Waals surface area contributed by atoms with Crippen molar-refractivity contribution < 1.29 is 14.4 Å². The molecular weight excluding hydrogens is 222 g/mol. The monoisotopic (exact) mass is 241 g/mol. The second-order valence-corrected chi connectivity index (χ2v) is 3.88. The Bertz CT molecular complexity index is 338. The zero-order chi connectivity index (χ0) is 12.5. The highest BCUT2D eigenvalue weighted by Crippen LogP contribution is 2.01. The van der Waals surface area contributed by atoms with Crippen LogP contribution in [-0.2, 0) is 17.8 Å². The van der Waals surface area contributed by atoms with Crippen LogP contribution in [0, 0.1) is 0 Å². The van der Waals surface area contributed by atoms with E-state index in [4.69, 9.17) is 9.63 Å². The SMILES string of the molecule is CCCCc1noc(CNCCCC(=O)O)n1. The number of carboxylic acids is 1. The minimum Gasteiger partial charge on any atom is -0.481 e. The van der Waals surface area contributed by atoms with Crippen molar-refractivity contribution >= 4 is 5.97 Å². The number of carbonyl (C=O) groups is 1. The van der Waals surface area contributed by atoms with E-state index in [2.05, 4.69) is 22.4 Å². The Kier molecular flexibility index (Phi) is 6.24. The lowest BCUT2D eigenvalue weighted by Crippen LogP contribution is -2.16. The van der Waals surface area contributed by atoms with Gasteiger partial charge in [0.2, 0.25) is 5.89 Å². The third-order valence-electron chi connectivity index (χ3n) is 2.28. The van der Waals surface area contributed by atoms with Crippen molar-refractivity contribution in [2.24, 2.45) is 0 Å². The Hall–Kier alpha value is -1.43. The normalized spacial score (nSPS) is 10.6. The Labute approximate surface area is 100 Å². The molecule has 0 spiro atoms. The van der Waals surface area contributed by atoms with Crippen LogP contribution in [0.25, 0.3) is 0 Å². The molecule has 6 nitrogen and oxygen atoms in total. The van der Waals surface area contributed by atoms with Crippen LogP contribution in [0.15, 0.2) is 4.52 Å². The number of aryl methyl sites for hydroxylation is 1. The average Bonchev–Trinajstić information content (AvgIpc) is 2.73. The van der Waals surface area contributed by atoms with Crippen molar-refractivity contribution in [2.45, 2.75) is 45.6 Å². The third kappa shape index (κ3) is 6.01. The minimum atomic E-state index is -0.772. The van der Waals surface area contributed by atoms with Crippen molar-refractivity contribution in [3.63, 3.8) is 0 Å². The van der Waals surface area contributed by atoms with Gasteiger partial charge < -0.3 is 14.9 Å². The van der Waals surface area contributed by atoms with Gasteiger partial charge in [-0.15, -0.1) is 0 Å². The van der Waals surface area contributed by atoms with Crippen LogP contribution in [0.3, 0.4) is 0 Å². The molecule has 1 rings (SSSR count). The van der Waals surface area contributed by atoms with E-state index in [0.29, 0.717) is 25.4 Å². The van der Waals surface area contributed by atoms with Gasteiger partial charge in [0.1, 0.15) is 0 Å². The summed E-state index contributed by atoms with van der Waals surface area (Å²) >= 11 is 0. The van der Waals surface area contributed by atoms with Crippen molar-refractivity contribution in [2.75, 3.05) is 6.54 Å². The molecule has 0 amide bonds. The fourth-order valence-corrected chi connectivity index (χ4v) is 1.36. The van der Waals surface area contributed by atoms with Crippen LogP contribution in [0.5, 0.6) is 0 Å². The number of unbranched alkanes of at least 4 members (excludes halogenated alkanes) is 1. The second-order valence-electron chi connectivity index (χ2n) is 3.88. The van der Waals surface area contributed by atoms with Crippen molar-refractivity contribution in [3.05, 3.63) is 11.7 Å². The summed E-state index contributed by atoms with van der Waals surface area (Å²) in [6.07, 6.45) is 3.80. The smallest absolute Gasteiger partial charge is 0.303 e. The molecule has 0 radical (unpaired) electrons. The first-order chi connectivity index (χ1) is 8.22. The maximum atomic E-state index is 10.3. The molecule has 0 fully saturated rings. The number of aromatic nitrogens is 2. The third-order valence-corrected chi connectivity index (χ3v) is 2.28. The van der Waals surface area contributed by atoms with Crippen molar-refractivity contribution in [1.82, 2.24) is 15.5 Å². The first-order valence-corrected chi connectivity index (χ1v) is 5.96. The summed E-state index contributed by atoms with van der Waals surface area (Å²) in [7, 11) is 0. The van der Waals surface area contributed by atoms with Crippen LogP contribution in [0.4, 0.5) is 0 Å². The largest absolute Gasteiger partial charge is 0.481 e. The standard InChI is InChI=1S/C11H19N3O3/c1-2-3-5-9-13-10(17-14-9)8-12-7-4-6-11(15)16/h12H,2-8H2,1H3,(H,15,16). The van der Waals surface area contributed by atoms with E-state index in [1.54, 1.807) is 0 Å². The Balaban J connectivity index is 2.14. The molecule has 0 bridgehead atoms. The fourth-order valence-electron chi connectivity index (χ4n) is 1.36. The first kappa shape index (κ1) is 13.6. The molecule has 1 aromatic heterocycles. The molecule has 0 aliphatic heterocycles. The topological polar surface area (TPSA) is 88.2 Å². The second kappa shape index (κ2) is 7.78. The highest BCUT2D eigenvalue weighted by molar-refractivity contribution is 5.66. The summed E-state index contributed by atoms with van der Waals surface area (Å²) in [6, 6.07) is 0. The van der Waals surface area contributed by atoms with Crippen LogP contribution >= 0.6 is 0 Å². The molecule has 0 unspecified atom stereocenters. The first-order valence-electron chi connectivity index (χ1n) is 5.96. The van der Waals surface area contributed by atoms with E-state index in [0.717, 1.165) is 25.1 Å². The lowest BCUT2D eigenvalue weighted by Gasteiger charge is -1.98. The van der Waals surface area contributed by atoms with Crippen LogP contribution < -0.4 is 5.32 Å². The maximum Gasteiger partial charge on any atom is 0.303 e. The molecule has 1 aromatic rings. The predicted molar refractivity (Wildman–Crippen MR) is 61.5 cm³/mol. The van der Waals surface area contributed by atoms with Gasteiger partial charge in [0, 0.05) is 12.8 Å². The van der Waals surface area contributed by atoms with Gasteiger partial charge in [-0.2, -0.15) is 4.98 Å². The molecule has 17 heavy (non-hydrogen) atoms. The van der Waals surface area contributed by atoms with E-state index in [-0.39, 0.29) is 6.42 Å². The summed E-state index contributed by atoms with van der Waals surface area (Å²) < 4.78 is 5.05. The predicted octanol–water partition coefficient (Wildman–Crippen LogP) is 1.37.